The smallest absolute Gasteiger partial charge is 0.478 e. The van der Waals surface area contributed by atoms with Crippen molar-refractivity contribution in [2.75, 3.05) is 13.6 Å². The molecule has 0 unspecified atom stereocenters. The predicted molar refractivity (Wildman–Crippen MR) is 102 cm³/mol. The van der Waals surface area contributed by atoms with Crippen LogP contribution < -0.4 is 5.32 Å². The van der Waals surface area contributed by atoms with Crippen molar-refractivity contribution in [3.05, 3.63) is 48.7 Å². The standard InChI is InChI=1S/C18H24BN3O5/c1-3-22(18(20-2)13-7-5-4-6-8-13)12-16(23)21-15-10-9-14(11-17(24)25)27-19(15)26/h3-8,14-15,26H,1,9-12H2,2H3,(H,21,23)(H,24,25)/t14-,15-/m0/s1. The first-order chi connectivity index (χ1) is 12.9. The molecule has 0 aliphatic carbocycles. The van der Waals surface area contributed by atoms with Gasteiger partial charge in [-0.3, -0.25) is 14.6 Å². The number of carboxylic acid groups (broad SMARTS) is 1. The quantitative estimate of drug-likeness (QED) is 0.368. The van der Waals surface area contributed by atoms with Crippen LogP contribution in [0.1, 0.15) is 24.8 Å². The van der Waals surface area contributed by atoms with E-state index in [4.69, 9.17) is 9.76 Å². The lowest BCUT2D eigenvalue weighted by Crippen LogP contribution is -2.54. The van der Waals surface area contributed by atoms with E-state index in [1.54, 1.807) is 11.9 Å². The Morgan fingerprint density at radius 2 is 2.11 bits per heavy atom. The van der Waals surface area contributed by atoms with E-state index < -0.39 is 25.1 Å². The number of carbonyl (C=O) groups excluding carboxylic acids is 1. The summed E-state index contributed by atoms with van der Waals surface area (Å²) in [6, 6.07) is 9.43. The Balaban J connectivity index is 1.94. The highest BCUT2D eigenvalue weighted by Crippen LogP contribution is 2.18. The molecule has 1 aliphatic rings. The number of nitrogens with zero attached hydrogens (tertiary/aromatic N) is 2. The lowest BCUT2D eigenvalue weighted by molar-refractivity contribution is -0.139. The lowest BCUT2D eigenvalue weighted by Gasteiger charge is -2.31. The van der Waals surface area contributed by atoms with Gasteiger partial charge in [0.25, 0.3) is 0 Å². The van der Waals surface area contributed by atoms with Gasteiger partial charge in [0.2, 0.25) is 5.91 Å². The summed E-state index contributed by atoms with van der Waals surface area (Å²) in [5.74, 6) is -1.30. The zero-order valence-electron chi connectivity index (χ0n) is 15.2. The highest BCUT2D eigenvalue weighted by atomic mass is 16.5. The van der Waals surface area contributed by atoms with E-state index in [1.165, 1.54) is 6.20 Å². The molecule has 3 N–H and O–H groups in total. The second-order valence-electron chi connectivity index (χ2n) is 6.22. The minimum Gasteiger partial charge on any atom is -0.481 e. The SMILES string of the molecule is C=CN(CC(=O)N[C@H]1CC[C@@H](CC(=O)O)OB1O)C(=NC)c1ccccc1. The molecule has 1 fully saturated rings. The summed E-state index contributed by atoms with van der Waals surface area (Å²) < 4.78 is 5.28. The number of benzene rings is 1. The Kier molecular flexibility index (Phi) is 7.57. The second-order valence-corrected chi connectivity index (χ2v) is 6.22. The fourth-order valence-corrected chi connectivity index (χ4v) is 3.00. The molecular weight excluding hydrogens is 349 g/mol. The number of aliphatic imine (C=N–C) groups is 1. The number of amides is 1. The molecule has 1 saturated heterocycles. The highest BCUT2D eigenvalue weighted by molar-refractivity contribution is 6.45. The van der Waals surface area contributed by atoms with Gasteiger partial charge in [0.05, 0.1) is 18.5 Å². The maximum absolute atomic E-state index is 12.4. The Morgan fingerprint density at radius 3 is 2.67 bits per heavy atom. The molecule has 1 aliphatic heterocycles. The Bertz CT molecular complexity index is 697. The number of rotatable bonds is 7. The molecule has 0 bridgehead atoms. The average Bonchev–Trinajstić information content (AvgIpc) is 2.64. The Morgan fingerprint density at radius 1 is 1.41 bits per heavy atom. The first kappa shape index (κ1) is 20.7. The van der Waals surface area contributed by atoms with Gasteiger partial charge < -0.3 is 25.0 Å². The summed E-state index contributed by atoms with van der Waals surface area (Å²) in [6.45, 7) is 3.72. The lowest BCUT2D eigenvalue weighted by atomic mass is 9.72. The number of aliphatic carboxylic acids is 1. The van der Waals surface area contributed by atoms with E-state index in [0.717, 1.165) is 5.56 Å². The molecule has 27 heavy (non-hydrogen) atoms. The van der Waals surface area contributed by atoms with Crippen LogP contribution in [0, 0.1) is 0 Å². The van der Waals surface area contributed by atoms with Crippen LogP contribution in [0.2, 0.25) is 0 Å². The van der Waals surface area contributed by atoms with E-state index in [2.05, 4.69) is 16.9 Å². The van der Waals surface area contributed by atoms with Crippen molar-refractivity contribution in [2.45, 2.75) is 31.3 Å². The summed E-state index contributed by atoms with van der Waals surface area (Å²) in [5.41, 5.74) is 0.852. The highest BCUT2D eigenvalue weighted by Gasteiger charge is 2.36. The van der Waals surface area contributed by atoms with Crippen molar-refractivity contribution in [3.8, 4) is 0 Å². The van der Waals surface area contributed by atoms with E-state index in [-0.39, 0.29) is 18.9 Å². The fourth-order valence-electron chi connectivity index (χ4n) is 3.00. The van der Waals surface area contributed by atoms with Crippen LogP contribution in [0.5, 0.6) is 0 Å². The Hall–Kier alpha value is -2.65. The van der Waals surface area contributed by atoms with Crippen molar-refractivity contribution in [2.24, 2.45) is 4.99 Å². The third-order valence-corrected chi connectivity index (χ3v) is 4.27. The average molecular weight is 373 g/mol. The van der Waals surface area contributed by atoms with Crippen molar-refractivity contribution < 1.29 is 24.4 Å². The molecule has 2 rings (SSSR count). The van der Waals surface area contributed by atoms with Gasteiger partial charge in [0.15, 0.2) is 0 Å². The molecule has 0 saturated carbocycles. The van der Waals surface area contributed by atoms with Crippen LogP contribution in [0.15, 0.2) is 48.1 Å². The molecule has 1 aromatic carbocycles. The molecule has 9 heteroatoms. The van der Waals surface area contributed by atoms with Crippen LogP contribution in [-0.4, -0.2) is 65.5 Å². The fraction of sp³-hybridized carbons (Fsp3) is 0.389. The summed E-state index contributed by atoms with van der Waals surface area (Å²) in [7, 11) is 0.399. The third-order valence-electron chi connectivity index (χ3n) is 4.27. The van der Waals surface area contributed by atoms with Gasteiger partial charge in [-0.1, -0.05) is 36.9 Å². The van der Waals surface area contributed by atoms with Gasteiger partial charge >= 0.3 is 13.1 Å². The minimum atomic E-state index is -1.24. The predicted octanol–water partition coefficient (Wildman–Crippen LogP) is 0.667. The van der Waals surface area contributed by atoms with Crippen LogP contribution in [0.25, 0.3) is 0 Å². The molecule has 8 nitrogen and oxygen atoms in total. The third kappa shape index (κ3) is 5.94. The van der Waals surface area contributed by atoms with Crippen LogP contribution in [0.4, 0.5) is 0 Å². The number of hydrogen-bond donors (Lipinski definition) is 3. The van der Waals surface area contributed by atoms with Gasteiger partial charge in [-0.05, 0) is 19.0 Å². The number of hydrogen-bond acceptors (Lipinski definition) is 5. The van der Waals surface area contributed by atoms with Gasteiger partial charge in [0, 0.05) is 12.6 Å². The minimum absolute atomic E-state index is 0.0210. The molecule has 2 atom stereocenters. The van der Waals surface area contributed by atoms with Crippen LogP contribution in [-0.2, 0) is 14.2 Å². The van der Waals surface area contributed by atoms with Gasteiger partial charge in [0.1, 0.15) is 12.4 Å². The zero-order valence-corrected chi connectivity index (χ0v) is 15.2. The number of carbonyl (C=O) groups is 2. The maximum atomic E-state index is 12.4. The van der Waals surface area contributed by atoms with E-state index >= 15 is 0 Å². The number of carboxylic acids is 1. The van der Waals surface area contributed by atoms with Crippen molar-refractivity contribution >= 4 is 24.8 Å². The Labute approximate surface area is 158 Å². The van der Waals surface area contributed by atoms with E-state index in [9.17, 15) is 14.6 Å². The number of amidine groups is 1. The first-order valence-electron chi connectivity index (χ1n) is 8.70. The molecule has 144 valence electrons. The van der Waals surface area contributed by atoms with Crippen molar-refractivity contribution in [1.29, 1.82) is 0 Å². The summed E-state index contributed by atoms with van der Waals surface area (Å²) in [6.07, 6.45) is 1.69. The van der Waals surface area contributed by atoms with Gasteiger partial charge in [-0.15, -0.1) is 0 Å². The molecule has 1 heterocycles. The van der Waals surface area contributed by atoms with E-state index in [1.807, 2.05) is 30.3 Å². The summed E-state index contributed by atoms with van der Waals surface area (Å²) in [4.78, 5) is 29.0. The molecule has 0 spiro atoms. The maximum Gasteiger partial charge on any atom is 0.478 e. The summed E-state index contributed by atoms with van der Waals surface area (Å²) in [5, 5.41) is 21.6. The summed E-state index contributed by atoms with van der Waals surface area (Å²) >= 11 is 0. The molecular formula is C18H24BN3O5. The topological polar surface area (TPSA) is 111 Å². The molecule has 1 aromatic rings. The molecule has 0 radical (unpaired) electrons. The first-order valence-corrected chi connectivity index (χ1v) is 8.70. The normalized spacial score (nSPS) is 20.1. The number of nitrogens with one attached hydrogen (secondary N) is 1. The van der Waals surface area contributed by atoms with Crippen LogP contribution in [0.3, 0.4) is 0 Å². The largest absolute Gasteiger partial charge is 0.481 e. The van der Waals surface area contributed by atoms with Crippen molar-refractivity contribution in [3.63, 3.8) is 0 Å². The molecule has 1 amide bonds. The van der Waals surface area contributed by atoms with Gasteiger partial charge in [-0.25, -0.2) is 0 Å². The zero-order chi connectivity index (χ0) is 19.8. The van der Waals surface area contributed by atoms with E-state index in [0.29, 0.717) is 18.7 Å². The van der Waals surface area contributed by atoms with Gasteiger partial charge in [-0.2, -0.15) is 0 Å². The second kappa shape index (κ2) is 9.89. The van der Waals surface area contributed by atoms with Crippen LogP contribution >= 0.6 is 0 Å². The monoisotopic (exact) mass is 373 g/mol. The molecule has 0 aromatic heterocycles. The van der Waals surface area contributed by atoms with Crippen molar-refractivity contribution in [1.82, 2.24) is 10.2 Å².